The summed E-state index contributed by atoms with van der Waals surface area (Å²) in [5, 5.41) is 4.94. The van der Waals surface area contributed by atoms with E-state index < -0.39 is 17.6 Å². The van der Waals surface area contributed by atoms with Gasteiger partial charge in [0.05, 0.1) is 25.7 Å². The van der Waals surface area contributed by atoms with Crippen molar-refractivity contribution in [2.75, 3.05) is 45.0 Å². The van der Waals surface area contributed by atoms with Crippen molar-refractivity contribution in [3.63, 3.8) is 0 Å². The van der Waals surface area contributed by atoms with Crippen LogP contribution >= 0.6 is 11.6 Å². The van der Waals surface area contributed by atoms with Crippen molar-refractivity contribution in [2.45, 2.75) is 6.04 Å². The predicted octanol–water partition coefficient (Wildman–Crippen LogP) is 1.49. The second-order valence-corrected chi connectivity index (χ2v) is 7.32. The molecule has 3 N–H and O–H groups in total. The summed E-state index contributed by atoms with van der Waals surface area (Å²) in [4.78, 5) is 27.4. The summed E-state index contributed by atoms with van der Waals surface area (Å²) in [6, 6.07) is 11.7. The minimum Gasteiger partial charge on any atom is -0.378 e. The molecule has 6 nitrogen and oxygen atoms in total. The highest BCUT2D eigenvalue weighted by Crippen LogP contribution is 2.19. The van der Waals surface area contributed by atoms with Crippen LogP contribution in [0.2, 0.25) is 5.02 Å². The Labute approximate surface area is 169 Å². The van der Waals surface area contributed by atoms with Crippen molar-refractivity contribution in [3.8, 4) is 0 Å². The fourth-order valence-electron chi connectivity index (χ4n) is 2.70. The Morgan fingerprint density at radius 3 is 2.29 bits per heavy atom. The lowest BCUT2D eigenvalue weighted by molar-refractivity contribution is -0.890. The fourth-order valence-corrected chi connectivity index (χ4v) is 2.88. The third-order valence-corrected chi connectivity index (χ3v) is 4.65. The van der Waals surface area contributed by atoms with E-state index in [2.05, 4.69) is 10.6 Å². The Morgan fingerprint density at radius 1 is 1.11 bits per heavy atom. The van der Waals surface area contributed by atoms with Crippen LogP contribution in [0.15, 0.2) is 42.5 Å². The first kappa shape index (κ1) is 21.7. The van der Waals surface area contributed by atoms with Crippen LogP contribution in [0, 0.1) is 5.82 Å². The first-order chi connectivity index (χ1) is 13.2. The maximum absolute atomic E-state index is 13.2. The van der Waals surface area contributed by atoms with Gasteiger partial charge in [0, 0.05) is 31.0 Å². The van der Waals surface area contributed by atoms with Crippen LogP contribution in [0.3, 0.4) is 0 Å². The molecule has 0 fully saturated rings. The molecule has 0 aliphatic carbocycles. The normalized spacial score (nSPS) is 11.8. The molecule has 0 saturated heterocycles. The van der Waals surface area contributed by atoms with Crippen molar-refractivity contribution in [1.29, 1.82) is 0 Å². The molecule has 0 aliphatic heterocycles. The highest BCUT2D eigenvalue weighted by atomic mass is 35.5. The monoisotopic (exact) mass is 407 g/mol. The molecule has 2 aromatic carbocycles. The van der Waals surface area contributed by atoms with Crippen molar-refractivity contribution in [1.82, 2.24) is 5.32 Å². The summed E-state index contributed by atoms with van der Waals surface area (Å²) in [5.74, 6) is -2.20. The molecule has 0 aliphatic rings. The van der Waals surface area contributed by atoms with Crippen molar-refractivity contribution in [2.24, 2.45) is 0 Å². The van der Waals surface area contributed by atoms with Gasteiger partial charge in [0.25, 0.3) is 0 Å². The van der Waals surface area contributed by atoms with E-state index in [1.54, 1.807) is 0 Å². The second-order valence-electron chi connectivity index (χ2n) is 6.91. The molecule has 0 unspecified atom stereocenters. The van der Waals surface area contributed by atoms with Gasteiger partial charge in [0.2, 0.25) is 0 Å². The Hall–Kier alpha value is -2.64. The topological polar surface area (TPSA) is 65.9 Å². The molecule has 2 rings (SSSR count). The zero-order valence-electron chi connectivity index (χ0n) is 16.3. The molecule has 2 aromatic rings. The van der Waals surface area contributed by atoms with Gasteiger partial charge in [-0.05, 0) is 30.3 Å². The third kappa shape index (κ3) is 5.68. The standard InChI is InChI=1S/C20H24ClFN4O2/c1-25(2)15-8-5-13(6-9-15)18(26(3)4)12-23-19(27)20(28)24-14-7-10-17(22)16(21)11-14/h5-11,18H,12H2,1-4H3,(H,23,27)(H,24,28)/p+1/t18-/m1/s1. The first-order valence-electron chi connectivity index (χ1n) is 8.80. The lowest BCUT2D eigenvalue weighted by Gasteiger charge is -2.23. The predicted molar refractivity (Wildman–Crippen MR) is 109 cm³/mol. The SMILES string of the molecule is CN(C)c1ccc([C@@H](CNC(=O)C(=O)Nc2ccc(F)c(Cl)c2)[NH+](C)C)cc1. The molecule has 0 spiro atoms. The van der Waals surface area contributed by atoms with E-state index in [-0.39, 0.29) is 16.8 Å². The number of carbonyl (C=O) groups is 2. The summed E-state index contributed by atoms with van der Waals surface area (Å²) < 4.78 is 13.2. The number of rotatable bonds is 6. The third-order valence-electron chi connectivity index (χ3n) is 4.36. The van der Waals surface area contributed by atoms with E-state index in [4.69, 9.17) is 11.6 Å². The highest BCUT2D eigenvalue weighted by Gasteiger charge is 2.21. The lowest BCUT2D eigenvalue weighted by Crippen LogP contribution is -3.07. The number of nitrogens with one attached hydrogen (secondary N) is 3. The van der Waals surface area contributed by atoms with Gasteiger partial charge in [-0.2, -0.15) is 0 Å². The zero-order chi connectivity index (χ0) is 20.8. The minimum atomic E-state index is -0.835. The molecule has 2 amide bonds. The van der Waals surface area contributed by atoms with Gasteiger partial charge in [-0.15, -0.1) is 0 Å². The van der Waals surface area contributed by atoms with E-state index >= 15 is 0 Å². The first-order valence-corrected chi connectivity index (χ1v) is 9.18. The van der Waals surface area contributed by atoms with E-state index in [1.807, 2.05) is 57.4 Å². The molecule has 28 heavy (non-hydrogen) atoms. The number of nitrogens with zero attached hydrogens (tertiary/aromatic N) is 1. The summed E-state index contributed by atoms with van der Waals surface area (Å²) >= 11 is 5.68. The molecule has 150 valence electrons. The highest BCUT2D eigenvalue weighted by molar-refractivity contribution is 6.39. The van der Waals surface area contributed by atoms with Gasteiger partial charge >= 0.3 is 11.8 Å². The molecular weight excluding hydrogens is 383 g/mol. The van der Waals surface area contributed by atoms with Crippen LogP contribution in [-0.2, 0) is 9.59 Å². The average molecular weight is 408 g/mol. The summed E-state index contributed by atoms with van der Waals surface area (Å²) in [6.07, 6.45) is 0. The van der Waals surface area contributed by atoms with Gasteiger partial charge in [-0.3, -0.25) is 9.59 Å². The number of carbonyl (C=O) groups excluding carboxylic acids is 2. The molecule has 0 aromatic heterocycles. The smallest absolute Gasteiger partial charge is 0.313 e. The van der Waals surface area contributed by atoms with Gasteiger partial charge in [-0.1, -0.05) is 23.7 Å². The Balaban J connectivity index is 1.99. The molecule has 0 saturated carbocycles. The quantitative estimate of drug-likeness (QED) is 0.636. The van der Waals surface area contributed by atoms with E-state index in [9.17, 15) is 14.0 Å². The van der Waals surface area contributed by atoms with Gasteiger partial charge in [-0.25, -0.2) is 4.39 Å². The van der Waals surface area contributed by atoms with Crippen LogP contribution in [-0.4, -0.2) is 46.5 Å². The largest absolute Gasteiger partial charge is 0.378 e. The van der Waals surface area contributed by atoms with Crippen molar-refractivity contribution >= 4 is 34.8 Å². The number of likely N-dealkylation sites (N-methyl/N-ethyl adjacent to an activating group) is 1. The van der Waals surface area contributed by atoms with Crippen molar-refractivity contribution < 1.29 is 18.9 Å². The molecule has 8 heteroatoms. The molecule has 0 heterocycles. The van der Waals surface area contributed by atoms with Crippen LogP contribution in [0.4, 0.5) is 15.8 Å². The Kier molecular flexibility index (Phi) is 7.37. The number of amides is 2. The molecule has 0 bridgehead atoms. The van der Waals surface area contributed by atoms with Gasteiger partial charge in [0.1, 0.15) is 11.9 Å². The number of benzene rings is 2. The average Bonchev–Trinajstić information content (AvgIpc) is 2.64. The van der Waals surface area contributed by atoms with Gasteiger partial charge in [0.15, 0.2) is 0 Å². The maximum atomic E-state index is 13.2. The maximum Gasteiger partial charge on any atom is 0.313 e. The number of hydrogen-bond donors (Lipinski definition) is 3. The Morgan fingerprint density at radius 2 is 1.75 bits per heavy atom. The Bertz CT molecular complexity index is 841. The number of anilines is 2. The van der Waals surface area contributed by atoms with E-state index in [0.29, 0.717) is 6.54 Å². The summed E-state index contributed by atoms with van der Waals surface area (Å²) in [6.45, 7) is 0.292. The summed E-state index contributed by atoms with van der Waals surface area (Å²) in [7, 11) is 7.90. The second kappa shape index (κ2) is 9.52. The minimum absolute atomic E-state index is 0.0202. The molecular formula is C20H25ClFN4O2+. The molecule has 0 radical (unpaired) electrons. The van der Waals surface area contributed by atoms with Gasteiger partial charge < -0.3 is 20.4 Å². The van der Waals surface area contributed by atoms with Crippen molar-refractivity contribution in [3.05, 3.63) is 58.9 Å². The van der Waals surface area contributed by atoms with Crippen LogP contribution in [0.5, 0.6) is 0 Å². The lowest BCUT2D eigenvalue weighted by atomic mass is 10.1. The number of hydrogen-bond acceptors (Lipinski definition) is 3. The van der Waals surface area contributed by atoms with E-state index in [0.717, 1.165) is 22.2 Å². The number of halogens is 2. The zero-order valence-corrected chi connectivity index (χ0v) is 17.1. The van der Waals surface area contributed by atoms with Crippen LogP contribution in [0.25, 0.3) is 0 Å². The molecule has 1 atom stereocenters. The van der Waals surface area contributed by atoms with Crippen LogP contribution in [0.1, 0.15) is 11.6 Å². The number of quaternary nitrogens is 1. The van der Waals surface area contributed by atoms with Crippen LogP contribution < -0.4 is 20.4 Å². The summed E-state index contributed by atoms with van der Waals surface area (Å²) in [5.41, 5.74) is 2.38. The fraction of sp³-hybridized carbons (Fsp3) is 0.300. The van der Waals surface area contributed by atoms with E-state index in [1.165, 1.54) is 12.1 Å².